The Bertz CT molecular complexity index is 729. The number of rotatable bonds is 5. The molecule has 1 aromatic rings. The molecule has 0 aromatic heterocycles. The minimum Gasteiger partial charge on any atom is -0.462 e. The van der Waals surface area contributed by atoms with E-state index in [-0.39, 0.29) is 36.3 Å². The Labute approximate surface area is 150 Å². The third-order valence-corrected chi connectivity index (χ3v) is 4.81. The molecular formula is C18H19ClN2O4. The van der Waals surface area contributed by atoms with Crippen molar-refractivity contribution in [3.8, 4) is 0 Å². The number of imide groups is 1. The number of carbonyl (C=O) groups is 3. The van der Waals surface area contributed by atoms with Gasteiger partial charge in [0, 0.05) is 10.7 Å². The molecule has 1 aliphatic heterocycles. The molecule has 3 rings (SSSR count). The van der Waals surface area contributed by atoms with Gasteiger partial charge in [0.2, 0.25) is 11.8 Å². The highest BCUT2D eigenvalue weighted by atomic mass is 35.5. The van der Waals surface area contributed by atoms with Crippen LogP contribution in [0, 0.1) is 11.8 Å². The first-order chi connectivity index (χ1) is 12.0. The van der Waals surface area contributed by atoms with Gasteiger partial charge in [-0.3, -0.25) is 14.5 Å². The summed E-state index contributed by atoms with van der Waals surface area (Å²) < 4.78 is 4.93. The van der Waals surface area contributed by atoms with Crippen molar-refractivity contribution in [2.75, 3.05) is 18.6 Å². The Kier molecular flexibility index (Phi) is 5.08. The van der Waals surface area contributed by atoms with E-state index >= 15 is 0 Å². The first-order valence-electron chi connectivity index (χ1n) is 8.22. The van der Waals surface area contributed by atoms with Crippen LogP contribution >= 0.6 is 11.6 Å². The van der Waals surface area contributed by atoms with Crippen LogP contribution in [-0.4, -0.2) is 36.0 Å². The molecule has 25 heavy (non-hydrogen) atoms. The van der Waals surface area contributed by atoms with E-state index in [0.717, 1.165) is 0 Å². The predicted octanol–water partition coefficient (Wildman–Crippen LogP) is 2.75. The van der Waals surface area contributed by atoms with Crippen molar-refractivity contribution in [1.29, 1.82) is 0 Å². The zero-order valence-electron chi connectivity index (χ0n) is 13.8. The zero-order valence-corrected chi connectivity index (χ0v) is 14.6. The fourth-order valence-corrected chi connectivity index (χ4v) is 3.42. The van der Waals surface area contributed by atoms with Crippen molar-refractivity contribution in [2.24, 2.45) is 11.8 Å². The van der Waals surface area contributed by atoms with E-state index in [4.69, 9.17) is 16.3 Å². The molecule has 7 heteroatoms. The van der Waals surface area contributed by atoms with Gasteiger partial charge < -0.3 is 10.1 Å². The highest BCUT2D eigenvalue weighted by molar-refractivity contribution is 6.30. The number of allylic oxidation sites excluding steroid dienone is 2. The first-order valence-corrected chi connectivity index (χ1v) is 8.60. The number of nitrogens with one attached hydrogen (secondary N) is 1. The number of likely N-dealkylation sites (tertiary alicyclic amines) is 1. The lowest BCUT2D eigenvalue weighted by atomic mass is 9.85. The van der Waals surface area contributed by atoms with Crippen LogP contribution in [0.4, 0.5) is 5.69 Å². The summed E-state index contributed by atoms with van der Waals surface area (Å²) in [5, 5.41) is 3.69. The van der Waals surface area contributed by atoms with Gasteiger partial charge in [-0.25, -0.2) is 4.79 Å². The highest BCUT2D eigenvalue weighted by Gasteiger charge is 2.48. The van der Waals surface area contributed by atoms with E-state index in [1.807, 2.05) is 6.08 Å². The Morgan fingerprint density at radius 1 is 1.24 bits per heavy atom. The number of hydrogen-bond donors (Lipinski definition) is 1. The van der Waals surface area contributed by atoms with Crippen LogP contribution in [0.15, 0.2) is 35.4 Å². The number of amides is 2. The van der Waals surface area contributed by atoms with Crippen LogP contribution in [0.5, 0.6) is 0 Å². The van der Waals surface area contributed by atoms with Crippen LogP contribution in [-0.2, 0) is 14.3 Å². The number of halogens is 1. The number of hydrogen-bond acceptors (Lipinski definition) is 5. The molecule has 2 amide bonds. The molecule has 1 fully saturated rings. The standard InChI is InChI=1S/C18H19ClN2O4/c1-2-25-18(24)11-3-6-13(7-4-11)20-10-21-16(22)14-8-5-12(19)9-15(14)17(21)23/h3-7,14-15,20H,2,8-10H2,1H3. The average Bonchev–Trinajstić information content (AvgIpc) is 2.84. The second kappa shape index (κ2) is 7.27. The van der Waals surface area contributed by atoms with Gasteiger partial charge in [-0.2, -0.15) is 0 Å². The SMILES string of the molecule is CCOC(=O)c1ccc(NCN2C(=O)C3CC=C(Cl)CC3C2=O)cc1. The molecule has 6 nitrogen and oxygen atoms in total. The lowest BCUT2D eigenvalue weighted by Gasteiger charge is -2.17. The van der Waals surface area contributed by atoms with Crippen molar-refractivity contribution < 1.29 is 19.1 Å². The minimum absolute atomic E-state index is 0.0983. The molecule has 1 aromatic carbocycles. The molecule has 1 saturated heterocycles. The van der Waals surface area contributed by atoms with Crippen molar-refractivity contribution in [2.45, 2.75) is 19.8 Å². The first kappa shape index (κ1) is 17.5. The summed E-state index contributed by atoms with van der Waals surface area (Å²) in [6, 6.07) is 6.69. The Morgan fingerprint density at radius 3 is 2.60 bits per heavy atom. The quantitative estimate of drug-likeness (QED) is 0.644. The molecule has 0 radical (unpaired) electrons. The van der Waals surface area contributed by atoms with E-state index in [2.05, 4.69) is 5.32 Å². The van der Waals surface area contributed by atoms with Gasteiger partial charge in [-0.05, 0) is 44.0 Å². The smallest absolute Gasteiger partial charge is 0.338 e. The summed E-state index contributed by atoms with van der Waals surface area (Å²) in [6.45, 7) is 2.17. The number of nitrogens with zero attached hydrogens (tertiary/aromatic N) is 1. The average molecular weight is 363 g/mol. The molecule has 2 unspecified atom stereocenters. The molecule has 1 N–H and O–H groups in total. The monoisotopic (exact) mass is 362 g/mol. The van der Waals surface area contributed by atoms with Crippen molar-refractivity contribution in [3.63, 3.8) is 0 Å². The fourth-order valence-electron chi connectivity index (χ4n) is 3.16. The molecule has 1 heterocycles. The van der Waals surface area contributed by atoms with E-state index < -0.39 is 0 Å². The number of anilines is 1. The topological polar surface area (TPSA) is 75.7 Å². The van der Waals surface area contributed by atoms with Crippen LogP contribution in [0.3, 0.4) is 0 Å². The lowest BCUT2D eigenvalue weighted by Crippen LogP contribution is -2.35. The second-order valence-corrected chi connectivity index (χ2v) is 6.53. The van der Waals surface area contributed by atoms with Crippen LogP contribution < -0.4 is 5.32 Å². The van der Waals surface area contributed by atoms with E-state index in [1.54, 1.807) is 31.2 Å². The molecule has 0 bridgehead atoms. The molecule has 1 aliphatic carbocycles. The number of esters is 1. The van der Waals surface area contributed by atoms with E-state index in [1.165, 1.54) is 4.90 Å². The van der Waals surface area contributed by atoms with E-state index in [9.17, 15) is 14.4 Å². The molecule has 2 aliphatic rings. The van der Waals surface area contributed by atoms with Gasteiger partial charge in [0.05, 0.1) is 30.7 Å². The lowest BCUT2D eigenvalue weighted by molar-refractivity contribution is -0.139. The summed E-state index contributed by atoms with van der Waals surface area (Å²) in [5.41, 5.74) is 1.16. The van der Waals surface area contributed by atoms with Gasteiger partial charge in [0.15, 0.2) is 0 Å². The second-order valence-electron chi connectivity index (χ2n) is 6.04. The summed E-state index contributed by atoms with van der Waals surface area (Å²) >= 11 is 6.01. The Morgan fingerprint density at radius 2 is 1.92 bits per heavy atom. The summed E-state index contributed by atoms with van der Waals surface area (Å²) in [7, 11) is 0. The number of ether oxygens (including phenoxy) is 1. The maximum absolute atomic E-state index is 12.5. The number of benzene rings is 1. The molecule has 2 atom stereocenters. The maximum atomic E-state index is 12.5. The molecule has 132 valence electrons. The van der Waals surface area contributed by atoms with Crippen molar-refractivity contribution in [3.05, 3.63) is 40.9 Å². The van der Waals surface area contributed by atoms with Gasteiger partial charge in [0.25, 0.3) is 0 Å². The Hall–Kier alpha value is -2.34. The number of fused-ring (bicyclic) bond motifs is 1. The van der Waals surface area contributed by atoms with Crippen LogP contribution in [0.25, 0.3) is 0 Å². The summed E-state index contributed by atoms with van der Waals surface area (Å²) in [4.78, 5) is 37.7. The molecule has 0 spiro atoms. The zero-order chi connectivity index (χ0) is 18.0. The van der Waals surface area contributed by atoms with Crippen LogP contribution in [0.2, 0.25) is 0 Å². The highest BCUT2D eigenvalue weighted by Crippen LogP contribution is 2.38. The van der Waals surface area contributed by atoms with Crippen LogP contribution in [0.1, 0.15) is 30.1 Å². The third kappa shape index (κ3) is 3.54. The van der Waals surface area contributed by atoms with E-state index in [0.29, 0.717) is 35.7 Å². The third-order valence-electron chi connectivity index (χ3n) is 4.50. The van der Waals surface area contributed by atoms with Gasteiger partial charge >= 0.3 is 5.97 Å². The normalized spacial score (nSPS) is 22.5. The predicted molar refractivity (Wildman–Crippen MR) is 92.9 cm³/mol. The molecule has 0 saturated carbocycles. The Balaban J connectivity index is 1.61. The summed E-state index contributed by atoms with van der Waals surface area (Å²) in [6.07, 6.45) is 2.76. The minimum atomic E-state index is -0.382. The molecular weight excluding hydrogens is 344 g/mol. The van der Waals surface area contributed by atoms with Crippen molar-refractivity contribution >= 4 is 35.1 Å². The largest absolute Gasteiger partial charge is 0.462 e. The van der Waals surface area contributed by atoms with Gasteiger partial charge in [-0.15, -0.1) is 0 Å². The number of carbonyl (C=O) groups excluding carboxylic acids is 3. The maximum Gasteiger partial charge on any atom is 0.338 e. The van der Waals surface area contributed by atoms with Crippen molar-refractivity contribution in [1.82, 2.24) is 4.90 Å². The van der Waals surface area contributed by atoms with Gasteiger partial charge in [-0.1, -0.05) is 17.7 Å². The fraction of sp³-hybridized carbons (Fsp3) is 0.389. The van der Waals surface area contributed by atoms with Gasteiger partial charge in [0.1, 0.15) is 0 Å². The summed E-state index contributed by atoms with van der Waals surface area (Å²) in [5.74, 6) is -1.38.